The highest BCUT2D eigenvalue weighted by Gasteiger charge is 2.20. The molecule has 2 heterocycles. The quantitative estimate of drug-likeness (QED) is 0.886. The number of para-hydroxylation sites is 1. The predicted molar refractivity (Wildman–Crippen MR) is 89.6 cm³/mol. The summed E-state index contributed by atoms with van der Waals surface area (Å²) in [4.78, 5) is 16.9. The molecule has 1 aliphatic heterocycles. The van der Waals surface area contributed by atoms with Crippen LogP contribution in [0.4, 0.5) is 16.4 Å². The van der Waals surface area contributed by atoms with Crippen molar-refractivity contribution in [2.24, 2.45) is 0 Å². The third kappa shape index (κ3) is 2.88. The molecule has 1 saturated heterocycles. The lowest BCUT2D eigenvalue weighted by atomic mass is 10.2. The Balaban J connectivity index is 1.68. The van der Waals surface area contributed by atoms with Crippen molar-refractivity contribution < 1.29 is 4.79 Å². The first-order chi connectivity index (χ1) is 10.1. The van der Waals surface area contributed by atoms with Crippen LogP contribution in [0.5, 0.6) is 0 Å². The number of nitrogens with two attached hydrogens (primary N) is 1. The van der Waals surface area contributed by atoms with Crippen LogP contribution >= 0.6 is 11.3 Å². The molecular formula is C16H19N3OS. The zero-order chi connectivity index (χ0) is 14.8. The molecule has 1 aliphatic rings. The van der Waals surface area contributed by atoms with E-state index >= 15 is 0 Å². The van der Waals surface area contributed by atoms with Crippen molar-refractivity contribution in [1.29, 1.82) is 0 Å². The van der Waals surface area contributed by atoms with Gasteiger partial charge in [0.25, 0.3) is 0 Å². The number of thiophene rings is 1. The Bertz CT molecular complexity index is 630. The number of piperazine rings is 1. The molecule has 2 aromatic rings. The number of nitrogens with zero attached hydrogens (tertiary/aromatic N) is 2. The Morgan fingerprint density at radius 1 is 1.10 bits per heavy atom. The minimum atomic E-state index is 0.0478. The number of anilines is 3. The number of hydrogen-bond donors (Lipinski definition) is 1. The van der Waals surface area contributed by atoms with Crippen LogP contribution in [0.25, 0.3) is 0 Å². The molecule has 1 fully saturated rings. The van der Waals surface area contributed by atoms with E-state index in [1.807, 2.05) is 12.1 Å². The second kappa shape index (κ2) is 5.77. The Morgan fingerprint density at radius 3 is 2.29 bits per heavy atom. The zero-order valence-electron chi connectivity index (χ0n) is 12.1. The van der Waals surface area contributed by atoms with E-state index < -0.39 is 0 Å². The minimum absolute atomic E-state index is 0.0478. The van der Waals surface area contributed by atoms with Crippen molar-refractivity contribution in [2.75, 3.05) is 41.7 Å². The van der Waals surface area contributed by atoms with E-state index in [0.717, 1.165) is 31.2 Å². The second-order valence-electron chi connectivity index (χ2n) is 5.23. The molecule has 0 radical (unpaired) electrons. The van der Waals surface area contributed by atoms with Crippen LogP contribution in [0.3, 0.4) is 0 Å². The number of ketones is 1. The van der Waals surface area contributed by atoms with Crippen LogP contribution < -0.4 is 15.5 Å². The van der Waals surface area contributed by atoms with Crippen molar-refractivity contribution >= 4 is 33.5 Å². The number of nitrogen functional groups attached to an aromatic ring is 1. The fraction of sp³-hybridized carbons (Fsp3) is 0.312. The Kier molecular flexibility index (Phi) is 3.84. The molecule has 0 atom stereocenters. The summed E-state index contributed by atoms with van der Waals surface area (Å²) >= 11 is 1.50. The van der Waals surface area contributed by atoms with Crippen LogP contribution in [0.1, 0.15) is 16.6 Å². The van der Waals surface area contributed by atoms with Gasteiger partial charge in [-0.2, -0.15) is 0 Å². The highest BCUT2D eigenvalue weighted by molar-refractivity contribution is 7.18. The van der Waals surface area contributed by atoms with Gasteiger partial charge < -0.3 is 15.5 Å². The maximum atomic E-state index is 11.5. The summed E-state index contributed by atoms with van der Waals surface area (Å²) in [5, 5.41) is 1.10. The molecule has 0 amide bonds. The Labute approximate surface area is 128 Å². The summed E-state index contributed by atoms with van der Waals surface area (Å²) < 4.78 is 0. The Morgan fingerprint density at radius 2 is 1.71 bits per heavy atom. The van der Waals surface area contributed by atoms with Crippen molar-refractivity contribution in [3.05, 3.63) is 41.3 Å². The third-order valence-corrected chi connectivity index (χ3v) is 5.09. The molecule has 5 heteroatoms. The van der Waals surface area contributed by atoms with E-state index in [1.165, 1.54) is 17.0 Å². The van der Waals surface area contributed by atoms with Crippen LogP contribution in [-0.2, 0) is 0 Å². The SMILES string of the molecule is CC(=O)c1sc(N2CCN(c3ccccc3)CC2)cc1N. The van der Waals surface area contributed by atoms with Gasteiger partial charge in [0, 0.05) is 38.8 Å². The number of hydrogen-bond acceptors (Lipinski definition) is 5. The molecule has 3 rings (SSSR count). The first kappa shape index (κ1) is 13.9. The number of rotatable bonds is 3. The molecule has 0 spiro atoms. The van der Waals surface area contributed by atoms with Crippen LogP contribution in [-0.4, -0.2) is 32.0 Å². The second-order valence-corrected chi connectivity index (χ2v) is 6.27. The van der Waals surface area contributed by atoms with Crippen LogP contribution in [0.2, 0.25) is 0 Å². The summed E-state index contributed by atoms with van der Waals surface area (Å²) in [6.45, 7) is 5.44. The minimum Gasteiger partial charge on any atom is -0.397 e. The van der Waals surface area contributed by atoms with E-state index in [2.05, 4.69) is 34.1 Å². The van der Waals surface area contributed by atoms with Crippen LogP contribution in [0.15, 0.2) is 36.4 Å². The van der Waals surface area contributed by atoms with Crippen molar-refractivity contribution in [3.63, 3.8) is 0 Å². The fourth-order valence-corrected chi connectivity index (χ4v) is 3.67. The number of carbonyl (C=O) groups excluding carboxylic acids is 1. The average molecular weight is 301 g/mol. The predicted octanol–water partition coefficient (Wildman–Crippen LogP) is 2.86. The molecule has 21 heavy (non-hydrogen) atoms. The zero-order valence-corrected chi connectivity index (χ0v) is 12.9. The normalized spacial score (nSPS) is 15.3. The van der Waals surface area contributed by atoms with Crippen molar-refractivity contribution in [2.45, 2.75) is 6.92 Å². The maximum Gasteiger partial charge on any atom is 0.171 e. The van der Waals surface area contributed by atoms with E-state index in [4.69, 9.17) is 5.73 Å². The van der Waals surface area contributed by atoms with Gasteiger partial charge in [0.1, 0.15) is 0 Å². The number of benzene rings is 1. The average Bonchev–Trinajstić information content (AvgIpc) is 2.90. The topological polar surface area (TPSA) is 49.6 Å². The van der Waals surface area contributed by atoms with Gasteiger partial charge in [-0.25, -0.2) is 0 Å². The molecule has 0 unspecified atom stereocenters. The molecule has 0 saturated carbocycles. The largest absolute Gasteiger partial charge is 0.397 e. The highest BCUT2D eigenvalue weighted by Crippen LogP contribution is 2.33. The summed E-state index contributed by atoms with van der Waals surface area (Å²) in [5.74, 6) is 0.0478. The van der Waals surface area contributed by atoms with E-state index in [1.54, 1.807) is 6.92 Å². The smallest absolute Gasteiger partial charge is 0.171 e. The standard InChI is InChI=1S/C16H19N3OS/c1-12(20)16-14(17)11-15(21-16)19-9-7-18(8-10-19)13-5-3-2-4-6-13/h2-6,11H,7-10,17H2,1H3. The van der Waals surface area contributed by atoms with Gasteiger partial charge in [-0.15, -0.1) is 11.3 Å². The summed E-state index contributed by atoms with van der Waals surface area (Å²) in [5.41, 5.74) is 7.80. The fourth-order valence-electron chi connectivity index (χ4n) is 2.65. The molecule has 0 bridgehead atoms. The maximum absolute atomic E-state index is 11.5. The molecular weight excluding hydrogens is 282 g/mol. The molecule has 2 N–H and O–H groups in total. The molecule has 0 aliphatic carbocycles. The van der Waals surface area contributed by atoms with Gasteiger partial charge in [-0.3, -0.25) is 4.79 Å². The molecule has 1 aromatic heterocycles. The molecule has 4 nitrogen and oxygen atoms in total. The summed E-state index contributed by atoms with van der Waals surface area (Å²) in [6, 6.07) is 12.4. The lowest BCUT2D eigenvalue weighted by molar-refractivity contribution is 0.102. The third-order valence-electron chi connectivity index (χ3n) is 3.78. The van der Waals surface area contributed by atoms with E-state index in [9.17, 15) is 4.79 Å². The van der Waals surface area contributed by atoms with Gasteiger partial charge in [-0.1, -0.05) is 18.2 Å². The van der Waals surface area contributed by atoms with Gasteiger partial charge in [0.15, 0.2) is 5.78 Å². The van der Waals surface area contributed by atoms with E-state index in [0.29, 0.717) is 10.6 Å². The lowest BCUT2D eigenvalue weighted by Crippen LogP contribution is -2.46. The van der Waals surface area contributed by atoms with Gasteiger partial charge >= 0.3 is 0 Å². The highest BCUT2D eigenvalue weighted by atomic mass is 32.1. The van der Waals surface area contributed by atoms with Crippen molar-refractivity contribution in [1.82, 2.24) is 0 Å². The number of carbonyl (C=O) groups is 1. The summed E-state index contributed by atoms with van der Waals surface area (Å²) in [6.07, 6.45) is 0. The lowest BCUT2D eigenvalue weighted by Gasteiger charge is -2.36. The van der Waals surface area contributed by atoms with Gasteiger partial charge in [-0.05, 0) is 18.2 Å². The van der Waals surface area contributed by atoms with Crippen LogP contribution in [0, 0.1) is 0 Å². The number of Topliss-reactive ketones (excluding diaryl/α,β-unsaturated/α-hetero) is 1. The molecule has 1 aromatic carbocycles. The first-order valence-electron chi connectivity index (χ1n) is 7.10. The summed E-state index contributed by atoms with van der Waals surface area (Å²) in [7, 11) is 0. The van der Waals surface area contributed by atoms with Gasteiger partial charge in [0.05, 0.1) is 15.6 Å². The molecule has 110 valence electrons. The Hall–Kier alpha value is -2.01. The van der Waals surface area contributed by atoms with E-state index in [-0.39, 0.29) is 5.78 Å². The first-order valence-corrected chi connectivity index (χ1v) is 7.92. The monoisotopic (exact) mass is 301 g/mol. The van der Waals surface area contributed by atoms with Crippen molar-refractivity contribution in [3.8, 4) is 0 Å². The van der Waals surface area contributed by atoms with Gasteiger partial charge in [0.2, 0.25) is 0 Å².